The number of pyridine rings is 1. The largest absolute Gasteiger partial charge is 0.446 e. The van der Waals surface area contributed by atoms with Crippen LogP contribution in [0.3, 0.4) is 0 Å². The first-order valence-electron chi connectivity index (χ1n) is 11.2. The summed E-state index contributed by atoms with van der Waals surface area (Å²) in [5.41, 5.74) is 5.50. The van der Waals surface area contributed by atoms with Crippen LogP contribution in [0.4, 0.5) is 10.6 Å². The average molecular weight is 424 g/mol. The van der Waals surface area contributed by atoms with Crippen molar-refractivity contribution in [2.24, 2.45) is 28.9 Å². The summed E-state index contributed by atoms with van der Waals surface area (Å²) in [7, 11) is 0. The zero-order valence-corrected chi connectivity index (χ0v) is 17.8. The van der Waals surface area contributed by atoms with Gasteiger partial charge in [0.1, 0.15) is 18.0 Å². The first-order chi connectivity index (χ1) is 14.8. The molecular weight excluding hydrogens is 394 g/mol. The van der Waals surface area contributed by atoms with Crippen LogP contribution in [0.15, 0.2) is 18.3 Å². The minimum Gasteiger partial charge on any atom is -0.446 e. The van der Waals surface area contributed by atoms with Crippen LogP contribution < -0.4 is 11.1 Å². The van der Waals surface area contributed by atoms with Crippen LogP contribution >= 0.6 is 0 Å². The van der Waals surface area contributed by atoms with Crippen molar-refractivity contribution in [1.82, 2.24) is 9.88 Å². The highest BCUT2D eigenvalue weighted by Crippen LogP contribution is 2.60. The van der Waals surface area contributed by atoms with Crippen LogP contribution in [0.5, 0.6) is 0 Å². The molecule has 6 atom stereocenters. The van der Waals surface area contributed by atoms with E-state index in [4.69, 9.17) is 10.5 Å². The lowest BCUT2D eigenvalue weighted by molar-refractivity contribution is -0.161. The maximum Gasteiger partial charge on any atom is 0.410 e. The van der Waals surface area contributed by atoms with Gasteiger partial charge in [0.15, 0.2) is 0 Å². The third kappa shape index (κ3) is 3.40. The fraction of sp³-hybridized carbons (Fsp3) is 0.652. The normalized spacial score (nSPS) is 38.0. The zero-order valence-electron chi connectivity index (χ0n) is 17.8. The molecule has 5 fully saturated rings. The molecule has 2 amide bonds. The Kier molecular flexibility index (Phi) is 4.61. The van der Waals surface area contributed by atoms with E-state index in [1.165, 1.54) is 0 Å². The second kappa shape index (κ2) is 7.11. The molecule has 1 aliphatic heterocycles. The van der Waals surface area contributed by atoms with Crippen molar-refractivity contribution in [2.75, 3.05) is 18.4 Å². The third-order valence-corrected chi connectivity index (χ3v) is 8.03. The van der Waals surface area contributed by atoms with Gasteiger partial charge in [0.2, 0.25) is 5.91 Å². The second-order valence-electron chi connectivity index (χ2n) is 10.3. The summed E-state index contributed by atoms with van der Waals surface area (Å²) >= 11 is 0. The van der Waals surface area contributed by atoms with Gasteiger partial charge in [-0.25, -0.2) is 9.78 Å². The number of nitriles is 1. The molecule has 1 saturated heterocycles. The Bertz CT molecular complexity index is 943. The predicted octanol–water partition coefficient (Wildman–Crippen LogP) is 2.65. The molecule has 8 nitrogen and oxygen atoms in total. The Balaban J connectivity index is 1.23. The molecule has 4 bridgehead atoms. The summed E-state index contributed by atoms with van der Waals surface area (Å²) in [5, 5.41) is 12.7. The number of nitrogens with one attached hydrogen (secondary N) is 1. The van der Waals surface area contributed by atoms with Crippen molar-refractivity contribution in [2.45, 2.75) is 57.1 Å². The van der Waals surface area contributed by atoms with E-state index in [2.05, 4.69) is 16.4 Å². The summed E-state index contributed by atoms with van der Waals surface area (Å²) in [6.07, 6.45) is 6.47. The lowest BCUT2D eigenvalue weighted by Gasteiger charge is -2.58. The third-order valence-electron chi connectivity index (χ3n) is 8.03. The van der Waals surface area contributed by atoms with Crippen molar-refractivity contribution >= 4 is 17.8 Å². The number of carbonyl (C=O) groups is 2. The number of ether oxygens (including phenoxy) is 1. The highest BCUT2D eigenvalue weighted by Gasteiger charge is 2.59. The van der Waals surface area contributed by atoms with Crippen molar-refractivity contribution < 1.29 is 14.3 Å². The van der Waals surface area contributed by atoms with Gasteiger partial charge < -0.3 is 20.7 Å². The Morgan fingerprint density at radius 1 is 1.32 bits per heavy atom. The Labute approximate surface area is 182 Å². The molecule has 1 aromatic heterocycles. The maximum absolute atomic E-state index is 13.0. The van der Waals surface area contributed by atoms with Gasteiger partial charge in [-0.3, -0.25) is 4.79 Å². The summed E-state index contributed by atoms with van der Waals surface area (Å²) < 4.78 is 6.06. The fourth-order valence-electron chi connectivity index (χ4n) is 6.76. The molecule has 31 heavy (non-hydrogen) atoms. The second-order valence-corrected chi connectivity index (χ2v) is 10.3. The Morgan fingerprint density at radius 3 is 2.74 bits per heavy atom. The van der Waals surface area contributed by atoms with E-state index in [1.807, 2.05) is 6.92 Å². The van der Waals surface area contributed by atoms with E-state index in [9.17, 15) is 14.9 Å². The molecule has 3 N–H and O–H groups in total. The highest BCUT2D eigenvalue weighted by atomic mass is 16.6. The molecule has 6 rings (SSSR count). The van der Waals surface area contributed by atoms with E-state index in [1.54, 1.807) is 23.2 Å². The number of nitrogens with two attached hydrogens (primary N) is 1. The van der Waals surface area contributed by atoms with Gasteiger partial charge in [-0.15, -0.1) is 0 Å². The van der Waals surface area contributed by atoms with Gasteiger partial charge >= 0.3 is 6.09 Å². The Morgan fingerprint density at radius 2 is 2.06 bits per heavy atom. The minimum atomic E-state index is -0.378. The van der Waals surface area contributed by atoms with Crippen LogP contribution in [0.25, 0.3) is 0 Å². The molecule has 8 heteroatoms. The maximum atomic E-state index is 13.0. The number of anilines is 1. The van der Waals surface area contributed by atoms with Gasteiger partial charge in [0, 0.05) is 19.3 Å². The van der Waals surface area contributed by atoms with Crippen LogP contribution in [0.2, 0.25) is 0 Å². The topological polar surface area (TPSA) is 121 Å². The van der Waals surface area contributed by atoms with Crippen molar-refractivity contribution in [3.63, 3.8) is 0 Å². The molecule has 4 aliphatic carbocycles. The van der Waals surface area contributed by atoms with Crippen LogP contribution in [-0.4, -0.2) is 46.6 Å². The molecule has 5 unspecified atom stereocenters. The van der Waals surface area contributed by atoms with Gasteiger partial charge in [0.05, 0.1) is 16.5 Å². The lowest BCUT2D eigenvalue weighted by atomic mass is 9.48. The summed E-state index contributed by atoms with van der Waals surface area (Å²) in [5.74, 6) is 1.37. The Hall–Kier alpha value is -2.82. The predicted molar refractivity (Wildman–Crippen MR) is 113 cm³/mol. The van der Waals surface area contributed by atoms with Crippen molar-refractivity contribution in [3.05, 3.63) is 23.9 Å². The number of hydrogen-bond acceptors (Lipinski definition) is 6. The van der Waals surface area contributed by atoms with Crippen LogP contribution in [-0.2, 0) is 9.53 Å². The number of amides is 2. The molecular formula is C23H29N5O3. The number of nitrogens with zero attached hydrogens (tertiary/aromatic N) is 3. The number of aromatic nitrogens is 1. The molecule has 1 aromatic rings. The summed E-state index contributed by atoms with van der Waals surface area (Å²) in [6, 6.07) is 5.61. The van der Waals surface area contributed by atoms with Crippen molar-refractivity contribution in [1.29, 1.82) is 5.26 Å². The molecule has 164 valence electrons. The quantitative estimate of drug-likeness (QED) is 0.768. The SMILES string of the molecule is CC1(Nc2ncccc2C#N)CCN(C(=O)OC2C3CC4C[C@H]2CC(C(N)=O)(C4)C3)C1. The number of carbonyl (C=O) groups excluding carboxylic acids is 2. The first-order valence-corrected chi connectivity index (χ1v) is 11.2. The van der Waals surface area contributed by atoms with E-state index >= 15 is 0 Å². The zero-order chi connectivity index (χ0) is 21.8. The molecule has 4 saturated carbocycles. The number of rotatable bonds is 4. The molecule has 0 spiro atoms. The summed E-state index contributed by atoms with van der Waals surface area (Å²) in [6.45, 7) is 3.12. The smallest absolute Gasteiger partial charge is 0.410 e. The molecule has 2 heterocycles. The lowest BCUT2D eigenvalue weighted by Crippen LogP contribution is -2.59. The van der Waals surface area contributed by atoms with Crippen LogP contribution in [0, 0.1) is 34.5 Å². The fourth-order valence-corrected chi connectivity index (χ4v) is 6.76. The van der Waals surface area contributed by atoms with E-state index < -0.39 is 0 Å². The number of hydrogen-bond donors (Lipinski definition) is 2. The van der Waals surface area contributed by atoms with Crippen molar-refractivity contribution in [3.8, 4) is 6.07 Å². The molecule has 0 radical (unpaired) electrons. The molecule has 0 aromatic carbocycles. The van der Waals surface area contributed by atoms with E-state index in [-0.39, 0.29) is 40.9 Å². The molecule has 5 aliphatic rings. The standard InChI is InChI=1S/C23H29N5O3/c1-22(27-19-15(12-24)3-2-5-26-19)4-6-28(13-22)21(30)31-18-16-7-14-8-17(18)11-23(9-14,10-16)20(25)29/h2-3,5,14,16-18H,4,6-11,13H2,1H3,(H2,25,29)(H,26,27)/t14?,16-,17?,18?,22?,23?/m0/s1. The van der Waals surface area contributed by atoms with Gasteiger partial charge in [-0.1, -0.05) is 0 Å². The van der Waals surface area contributed by atoms with Crippen LogP contribution in [0.1, 0.15) is 51.0 Å². The summed E-state index contributed by atoms with van der Waals surface area (Å²) in [4.78, 5) is 31.2. The van der Waals surface area contributed by atoms with E-state index in [0.717, 1.165) is 38.5 Å². The highest BCUT2D eigenvalue weighted by molar-refractivity contribution is 5.81. The number of primary amides is 1. The van der Waals surface area contributed by atoms with E-state index in [0.29, 0.717) is 30.4 Å². The van der Waals surface area contributed by atoms with Gasteiger partial charge in [-0.05, 0) is 75.3 Å². The van der Waals surface area contributed by atoms with Gasteiger partial charge in [-0.2, -0.15) is 5.26 Å². The van der Waals surface area contributed by atoms with Gasteiger partial charge in [0.25, 0.3) is 0 Å². The first kappa shape index (κ1) is 20.1. The number of likely N-dealkylation sites (tertiary alicyclic amines) is 1. The monoisotopic (exact) mass is 423 g/mol. The average Bonchev–Trinajstić information content (AvgIpc) is 3.12. The minimum absolute atomic E-state index is 0.114.